The molecule has 1 amide bonds. The van der Waals surface area contributed by atoms with E-state index in [2.05, 4.69) is 4.74 Å². The summed E-state index contributed by atoms with van der Waals surface area (Å²) in [4.78, 5) is 24.5. The number of hydrogen-bond acceptors (Lipinski definition) is 6. The Morgan fingerprint density at radius 2 is 1.94 bits per heavy atom. The van der Waals surface area contributed by atoms with Gasteiger partial charge >= 0.3 is 5.97 Å². The number of nitrogen functional groups attached to an aromatic ring is 1. The molecule has 7 heteroatoms. The van der Waals surface area contributed by atoms with Crippen LogP contribution in [0.5, 0.6) is 0 Å². The Hall–Kier alpha value is -1.76. The average molecular weight is 243 g/mol. The number of thiophene rings is 1. The fourth-order valence-electron chi connectivity index (χ4n) is 1.23. The summed E-state index contributed by atoms with van der Waals surface area (Å²) in [7, 11) is 4.73. The summed E-state index contributed by atoms with van der Waals surface area (Å²) in [5, 5.41) is 0.554. The zero-order valence-corrected chi connectivity index (χ0v) is 10.1. The third-order valence-electron chi connectivity index (χ3n) is 1.95. The van der Waals surface area contributed by atoms with Crippen LogP contribution in [0.25, 0.3) is 0 Å². The van der Waals surface area contributed by atoms with Crippen LogP contribution in [0.4, 0.5) is 10.7 Å². The second-order valence-electron chi connectivity index (χ2n) is 3.28. The quantitative estimate of drug-likeness (QED) is 0.743. The van der Waals surface area contributed by atoms with E-state index in [9.17, 15) is 9.59 Å². The monoisotopic (exact) mass is 243 g/mol. The maximum absolute atomic E-state index is 11.5. The Balaban J connectivity index is 3.43. The standard InChI is InChI=1S/C9H13N3O3S/c1-12(2)8-4(9(14)15-3)5(10)6(16-8)7(11)13/h10H2,1-3H3,(H2,11,13). The molecular weight excluding hydrogens is 230 g/mol. The van der Waals surface area contributed by atoms with Crippen molar-refractivity contribution in [3.05, 3.63) is 10.4 Å². The third kappa shape index (κ3) is 1.94. The highest BCUT2D eigenvalue weighted by Gasteiger charge is 2.25. The summed E-state index contributed by atoms with van der Waals surface area (Å²) >= 11 is 1.07. The number of ether oxygens (including phenoxy) is 1. The lowest BCUT2D eigenvalue weighted by Crippen LogP contribution is -2.14. The number of rotatable bonds is 3. The van der Waals surface area contributed by atoms with Crippen LogP contribution in [-0.2, 0) is 4.74 Å². The summed E-state index contributed by atoms with van der Waals surface area (Å²) in [6, 6.07) is 0. The van der Waals surface area contributed by atoms with Crippen molar-refractivity contribution in [2.45, 2.75) is 0 Å². The molecule has 16 heavy (non-hydrogen) atoms. The molecule has 4 N–H and O–H groups in total. The van der Waals surface area contributed by atoms with Gasteiger partial charge in [-0.1, -0.05) is 0 Å². The third-order valence-corrected chi connectivity index (χ3v) is 3.33. The number of nitrogens with zero attached hydrogens (tertiary/aromatic N) is 1. The van der Waals surface area contributed by atoms with Crippen LogP contribution in [0.1, 0.15) is 20.0 Å². The highest BCUT2D eigenvalue weighted by molar-refractivity contribution is 7.19. The summed E-state index contributed by atoms with van der Waals surface area (Å²) < 4.78 is 4.61. The molecule has 1 rings (SSSR count). The van der Waals surface area contributed by atoms with Crippen LogP contribution in [0, 0.1) is 0 Å². The van der Waals surface area contributed by atoms with E-state index in [0.717, 1.165) is 11.3 Å². The molecule has 0 atom stereocenters. The molecule has 0 aliphatic carbocycles. The minimum absolute atomic E-state index is 0.0769. The molecule has 0 radical (unpaired) electrons. The van der Waals surface area contributed by atoms with Gasteiger partial charge in [-0.3, -0.25) is 4.79 Å². The van der Waals surface area contributed by atoms with Crippen LogP contribution in [0.3, 0.4) is 0 Å². The maximum Gasteiger partial charge on any atom is 0.343 e. The first-order chi connectivity index (χ1) is 7.40. The fraction of sp³-hybridized carbons (Fsp3) is 0.333. The van der Waals surface area contributed by atoms with Gasteiger partial charge in [0.15, 0.2) is 0 Å². The molecule has 0 saturated heterocycles. The van der Waals surface area contributed by atoms with Crippen LogP contribution in [0.2, 0.25) is 0 Å². The lowest BCUT2D eigenvalue weighted by atomic mass is 10.2. The van der Waals surface area contributed by atoms with E-state index < -0.39 is 11.9 Å². The molecule has 0 aliphatic rings. The van der Waals surface area contributed by atoms with E-state index in [4.69, 9.17) is 11.5 Å². The topological polar surface area (TPSA) is 98.6 Å². The number of methoxy groups -OCH3 is 1. The maximum atomic E-state index is 11.5. The first kappa shape index (κ1) is 12.3. The first-order valence-electron chi connectivity index (χ1n) is 4.37. The molecule has 88 valence electrons. The summed E-state index contributed by atoms with van der Waals surface area (Å²) in [6.45, 7) is 0. The highest BCUT2D eigenvalue weighted by Crippen LogP contribution is 2.37. The molecule has 0 spiro atoms. The van der Waals surface area contributed by atoms with E-state index in [1.165, 1.54) is 7.11 Å². The SMILES string of the molecule is COC(=O)c1c(N(C)C)sc(C(N)=O)c1N. The van der Waals surface area contributed by atoms with Crippen molar-refractivity contribution in [1.82, 2.24) is 0 Å². The van der Waals surface area contributed by atoms with E-state index >= 15 is 0 Å². The number of esters is 1. The Morgan fingerprint density at radius 1 is 1.38 bits per heavy atom. The van der Waals surface area contributed by atoms with E-state index in [0.29, 0.717) is 5.00 Å². The highest BCUT2D eigenvalue weighted by atomic mass is 32.1. The lowest BCUT2D eigenvalue weighted by Gasteiger charge is -2.11. The van der Waals surface area contributed by atoms with E-state index in [-0.39, 0.29) is 16.1 Å². The van der Waals surface area contributed by atoms with Gasteiger partial charge in [-0.2, -0.15) is 0 Å². The van der Waals surface area contributed by atoms with Crippen molar-refractivity contribution in [3.8, 4) is 0 Å². The molecular formula is C9H13N3O3S. The number of primary amides is 1. The first-order valence-corrected chi connectivity index (χ1v) is 5.19. The van der Waals surface area contributed by atoms with E-state index in [1.807, 2.05) is 0 Å². The van der Waals surface area contributed by atoms with Crippen molar-refractivity contribution in [2.24, 2.45) is 5.73 Å². The normalized spacial score (nSPS) is 9.94. The predicted octanol–water partition coefficient (Wildman–Crippen LogP) is 0.282. The van der Waals surface area contributed by atoms with Crippen LogP contribution in [-0.4, -0.2) is 33.1 Å². The zero-order chi connectivity index (χ0) is 12.5. The van der Waals surface area contributed by atoms with Gasteiger partial charge in [0.25, 0.3) is 5.91 Å². The minimum atomic E-state index is -0.652. The van der Waals surface area contributed by atoms with Crippen molar-refractivity contribution < 1.29 is 14.3 Å². The smallest absolute Gasteiger partial charge is 0.343 e. The second-order valence-corrected chi connectivity index (χ2v) is 4.27. The van der Waals surface area contributed by atoms with Crippen molar-refractivity contribution in [2.75, 3.05) is 31.8 Å². The average Bonchev–Trinajstić information content (AvgIpc) is 2.55. The molecule has 1 heterocycles. The van der Waals surface area contributed by atoms with Gasteiger partial charge in [-0.15, -0.1) is 11.3 Å². The van der Waals surface area contributed by atoms with Gasteiger partial charge in [0.2, 0.25) is 0 Å². The molecule has 1 aromatic heterocycles. The molecule has 0 aromatic carbocycles. The molecule has 1 aromatic rings. The molecule has 0 fully saturated rings. The van der Waals surface area contributed by atoms with Gasteiger partial charge in [-0.05, 0) is 0 Å². The van der Waals surface area contributed by atoms with Crippen LogP contribution < -0.4 is 16.4 Å². The van der Waals surface area contributed by atoms with Crippen LogP contribution in [0.15, 0.2) is 0 Å². The summed E-state index contributed by atoms with van der Waals surface area (Å²) in [5.41, 5.74) is 11.1. The number of carbonyl (C=O) groups excluding carboxylic acids is 2. The Bertz CT molecular complexity index is 439. The van der Waals surface area contributed by atoms with Gasteiger partial charge in [0.1, 0.15) is 15.4 Å². The molecule has 0 bridgehead atoms. The van der Waals surface area contributed by atoms with Crippen molar-refractivity contribution in [3.63, 3.8) is 0 Å². The molecule has 0 saturated carbocycles. The Morgan fingerprint density at radius 3 is 2.31 bits per heavy atom. The molecule has 0 aliphatic heterocycles. The van der Waals surface area contributed by atoms with Gasteiger partial charge < -0.3 is 21.1 Å². The zero-order valence-electron chi connectivity index (χ0n) is 9.23. The van der Waals surface area contributed by atoms with Crippen molar-refractivity contribution in [1.29, 1.82) is 0 Å². The van der Waals surface area contributed by atoms with Gasteiger partial charge in [-0.25, -0.2) is 4.79 Å². The number of amides is 1. The predicted molar refractivity (Wildman–Crippen MR) is 62.9 cm³/mol. The lowest BCUT2D eigenvalue weighted by molar-refractivity contribution is 0.0603. The largest absolute Gasteiger partial charge is 0.465 e. The fourth-order valence-corrected chi connectivity index (χ4v) is 2.21. The minimum Gasteiger partial charge on any atom is -0.465 e. The van der Waals surface area contributed by atoms with Crippen molar-refractivity contribution >= 4 is 33.9 Å². The van der Waals surface area contributed by atoms with Crippen LogP contribution >= 0.6 is 11.3 Å². The Labute approximate surface area is 96.8 Å². The number of anilines is 2. The molecule has 6 nitrogen and oxygen atoms in total. The Kier molecular flexibility index (Phi) is 3.38. The van der Waals surface area contributed by atoms with E-state index in [1.54, 1.807) is 19.0 Å². The second kappa shape index (κ2) is 4.40. The number of carbonyl (C=O) groups is 2. The summed E-state index contributed by atoms with van der Waals surface area (Å²) in [6.07, 6.45) is 0. The molecule has 0 unspecified atom stereocenters. The van der Waals surface area contributed by atoms with Gasteiger partial charge in [0.05, 0.1) is 12.8 Å². The number of nitrogens with two attached hydrogens (primary N) is 2. The van der Waals surface area contributed by atoms with Gasteiger partial charge in [0, 0.05) is 14.1 Å². The summed E-state index contributed by atoms with van der Waals surface area (Å²) in [5.74, 6) is -1.23. The number of hydrogen-bond donors (Lipinski definition) is 2.